The van der Waals surface area contributed by atoms with E-state index in [1.165, 1.54) is 11.8 Å². The number of hydrogen-bond donors (Lipinski definition) is 2. The quantitative estimate of drug-likeness (QED) is 0.350. The Morgan fingerprint density at radius 2 is 1.71 bits per heavy atom. The molecule has 0 bridgehead atoms. The SMILES string of the molecule is CC(Sc1nnc(-c2cccnc2)n1-c1ccccc1C(C)C)C(=O)Nc1ccc(C(N)=O)cc1. The van der Waals surface area contributed by atoms with Gasteiger partial charge in [-0.3, -0.25) is 19.1 Å². The molecule has 4 aromatic rings. The van der Waals surface area contributed by atoms with Gasteiger partial charge in [0.05, 0.1) is 10.9 Å². The molecule has 178 valence electrons. The number of carbonyl (C=O) groups is 2. The molecule has 1 atom stereocenters. The Kier molecular flexibility index (Phi) is 7.26. The van der Waals surface area contributed by atoms with Crippen LogP contribution in [-0.2, 0) is 4.79 Å². The summed E-state index contributed by atoms with van der Waals surface area (Å²) in [6, 6.07) is 18.4. The molecular weight excluding hydrogens is 460 g/mol. The molecule has 2 aromatic carbocycles. The Balaban J connectivity index is 1.65. The Morgan fingerprint density at radius 3 is 2.37 bits per heavy atom. The number of nitrogens with one attached hydrogen (secondary N) is 1. The van der Waals surface area contributed by atoms with E-state index in [1.807, 2.05) is 41.8 Å². The molecule has 0 aliphatic heterocycles. The smallest absolute Gasteiger partial charge is 0.248 e. The number of carbonyl (C=O) groups excluding carboxylic acids is 2. The molecule has 3 N–H and O–H groups in total. The monoisotopic (exact) mass is 486 g/mol. The van der Waals surface area contributed by atoms with E-state index in [0.717, 1.165) is 16.8 Å². The third kappa shape index (κ3) is 5.41. The first-order chi connectivity index (χ1) is 16.8. The van der Waals surface area contributed by atoms with Crippen molar-refractivity contribution in [2.24, 2.45) is 5.73 Å². The van der Waals surface area contributed by atoms with E-state index >= 15 is 0 Å². The molecule has 9 heteroatoms. The maximum Gasteiger partial charge on any atom is 0.248 e. The van der Waals surface area contributed by atoms with Crippen molar-refractivity contribution in [2.75, 3.05) is 5.32 Å². The standard InChI is InChI=1S/C26H26N6O2S/c1-16(2)21-8-4-5-9-22(21)32-24(19-7-6-14-28-15-19)30-31-26(32)35-17(3)25(34)29-20-12-10-18(11-13-20)23(27)33/h4-17H,1-3H3,(H2,27,33)(H,29,34). The average molecular weight is 487 g/mol. The third-order valence-corrected chi connectivity index (χ3v) is 6.48. The topological polar surface area (TPSA) is 116 Å². The number of rotatable bonds is 8. The van der Waals surface area contributed by atoms with Crippen LogP contribution in [0.2, 0.25) is 0 Å². The van der Waals surface area contributed by atoms with Crippen LogP contribution in [-0.4, -0.2) is 36.8 Å². The fraction of sp³-hybridized carbons (Fsp3) is 0.192. The van der Waals surface area contributed by atoms with E-state index in [2.05, 4.69) is 40.4 Å². The number of anilines is 1. The number of pyridine rings is 1. The molecule has 0 spiro atoms. The van der Waals surface area contributed by atoms with E-state index in [9.17, 15) is 9.59 Å². The van der Waals surface area contributed by atoms with Crippen molar-refractivity contribution in [1.82, 2.24) is 19.7 Å². The van der Waals surface area contributed by atoms with Crippen LogP contribution in [0.25, 0.3) is 17.1 Å². The molecule has 2 amide bonds. The van der Waals surface area contributed by atoms with Gasteiger partial charge in [-0.05, 0) is 60.9 Å². The minimum Gasteiger partial charge on any atom is -0.366 e. The Morgan fingerprint density at radius 1 is 0.971 bits per heavy atom. The lowest BCUT2D eigenvalue weighted by Gasteiger charge is -2.18. The second kappa shape index (κ2) is 10.5. The van der Waals surface area contributed by atoms with Crippen LogP contribution in [0, 0.1) is 0 Å². The van der Waals surface area contributed by atoms with Gasteiger partial charge in [0.15, 0.2) is 11.0 Å². The van der Waals surface area contributed by atoms with Gasteiger partial charge < -0.3 is 11.1 Å². The molecule has 8 nitrogen and oxygen atoms in total. The first-order valence-corrected chi connectivity index (χ1v) is 12.1. The van der Waals surface area contributed by atoms with Gasteiger partial charge in [-0.15, -0.1) is 10.2 Å². The van der Waals surface area contributed by atoms with Crippen molar-refractivity contribution < 1.29 is 9.59 Å². The first-order valence-electron chi connectivity index (χ1n) is 11.2. The molecule has 0 saturated heterocycles. The van der Waals surface area contributed by atoms with Crippen molar-refractivity contribution in [3.8, 4) is 17.1 Å². The summed E-state index contributed by atoms with van der Waals surface area (Å²) in [6.45, 7) is 6.09. The fourth-order valence-corrected chi connectivity index (χ4v) is 4.46. The van der Waals surface area contributed by atoms with Crippen LogP contribution in [0.15, 0.2) is 78.2 Å². The minimum absolute atomic E-state index is 0.198. The molecule has 35 heavy (non-hydrogen) atoms. The Hall–Kier alpha value is -3.98. The third-order valence-electron chi connectivity index (χ3n) is 5.44. The lowest BCUT2D eigenvalue weighted by Crippen LogP contribution is -2.23. The van der Waals surface area contributed by atoms with E-state index in [1.54, 1.807) is 36.7 Å². The maximum absolute atomic E-state index is 12.9. The van der Waals surface area contributed by atoms with Gasteiger partial charge in [0.2, 0.25) is 11.8 Å². The number of thioether (sulfide) groups is 1. The predicted octanol–water partition coefficient (Wildman–Crippen LogP) is 4.67. The Bertz CT molecular complexity index is 1340. The highest BCUT2D eigenvalue weighted by molar-refractivity contribution is 8.00. The van der Waals surface area contributed by atoms with Crippen molar-refractivity contribution in [2.45, 2.75) is 37.1 Å². The van der Waals surface area contributed by atoms with Gasteiger partial charge in [0.25, 0.3) is 0 Å². The fourth-order valence-electron chi connectivity index (χ4n) is 3.60. The van der Waals surface area contributed by atoms with Gasteiger partial charge >= 0.3 is 0 Å². The molecule has 2 heterocycles. The maximum atomic E-state index is 12.9. The van der Waals surface area contributed by atoms with Crippen LogP contribution < -0.4 is 11.1 Å². The van der Waals surface area contributed by atoms with Crippen LogP contribution >= 0.6 is 11.8 Å². The lowest BCUT2D eigenvalue weighted by atomic mass is 10.0. The summed E-state index contributed by atoms with van der Waals surface area (Å²) in [5, 5.41) is 11.9. The van der Waals surface area contributed by atoms with Gasteiger partial charge in [-0.25, -0.2) is 0 Å². The Labute approximate surface area is 208 Å². The van der Waals surface area contributed by atoms with Crippen LogP contribution in [0.5, 0.6) is 0 Å². The molecule has 0 fully saturated rings. The second-order valence-electron chi connectivity index (χ2n) is 8.29. The van der Waals surface area contributed by atoms with Crippen molar-refractivity contribution >= 4 is 29.3 Å². The normalized spacial score (nSPS) is 11.9. The largest absolute Gasteiger partial charge is 0.366 e. The molecular formula is C26H26N6O2S. The summed E-state index contributed by atoms with van der Waals surface area (Å²) in [5.74, 6) is 0.217. The molecule has 1 unspecified atom stereocenters. The van der Waals surface area contributed by atoms with Crippen molar-refractivity contribution in [1.29, 1.82) is 0 Å². The molecule has 0 aliphatic carbocycles. The number of primary amides is 1. The van der Waals surface area contributed by atoms with Crippen LogP contribution in [0.4, 0.5) is 5.69 Å². The zero-order valence-electron chi connectivity index (χ0n) is 19.7. The first kappa shape index (κ1) is 24.2. The minimum atomic E-state index is -0.516. The van der Waals surface area contributed by atoms with Crippen molar-refractivity contribution in [3.63, 3.8) is 0 Å². The summed E-state index contributed by atoms with van der Waals surface area (Å²) in [6.07, 6.45) is 3.46. The average Bonchev–Trinajstić information content (AvgIpc) is 3.28. The van der Waals surface area contributed by atoms with E-state index < -0.39 is 11.2 Å². The van der Waals surface area contributed by atoms with Gasteiger partial charge in [-0.1, -0.05) is 43.8 Å². The number of aromatic nitrogens is 4. The number of amides is 2. The number of benzene rings is 2. The van der Waals surface area contributed by atoms with Crippen molar-refractivity contribution in [3.05, 3.63) is 84.2 Å². The molecule has 0 radical (unpaired) electrons. The molecule has 0 saturated carbocycles. The number of nitrogens with zero attached hydrogens (tertiary/aromatic N) is 4. The highest BCUT2D eigenvalue weighted by Crippen LogP contribution is 2.33. The molecule has 2 aromatic heterocycles. The summed E-state index contributed by atoms with van der Waals surface area (Å²) in [5.41, 5.74) is 9.18. The second-order valence-corrected chi connectivity index (χ2v) is 9.60. The zero-order valence-corrected chi connectivity index (χ0v) is 20.5. The van der Waals surface area contributed by atoms with E-state index in [0.29, 0.717) is 22.2 Å². The number of para-hydroxylation sites is 1. The van der Waals surface area contributed by atoms with E-state index in [-0.39, 0.29) is 11.8 Å². The number of nitrogens with two attached hydrogens (primary N) is 1. The highest BCUT2D eigenvalue weighted by atomic mass is 32.2. The van der Waals surface area contributed by atoms with Crippen LogP contribution in [0.1, 0.15) is 42.6 Å². The summed E-state index contributed by atoms with van der Waals surface area (Å²) in [7, 11) is 0. The highest BCUT2D eigenvalue weighted by Gasteiger charge is 2.23. The predicted molar refractivity (Wildman–Crippen MR) is 138 cm³/mol. The van der Waals surface area contributed by atoms with Gasteiger partial charge in [-0.2, -0.15) is 0 Å². The zero-order chi connectivity index (χ0) is 24.9. The summed E-state index contributed by atoms with van der Waals surface area (Å²) in [4.78, 5) is 28.5. The van der Waals surface area contributed by atoms with Gasteiger partial charge in [0.1, 0.15) is 0 Å². The molecule has 4 rings (SSSR count). The van der Waals surface area contributed by atoms with Gasteiger partial charge in [0, 0.05) is 29.2 Å². The number of hydrogen-bond acceptors (Lipinski definition) is 6. The van der Waals surface area contributed by atoms with Crippen LogP contribution in [0.3, 0.4) is 0 Å². The lowest BCUT2D eigenvalue weighted by molar-refractivity contribution is -0.115. The molecule has 0 aliphatic rings. The summed E-state index contributed by atoms with van der Waals surface area (Å²) < 4.78 is 1.99. The van der Waals surface area contributed by atoms with E-state index in [4.69, 9.17) is 5.73 Å². The summed E-state index contributed by atoms with van der Waals surface area (Å²) >= 11 is 1.32.